The van der Waals surface area contributed by atoms with Crippen molar-refractivity contribution in [1.82, 2.24) is 4.90 Å². The molecule has 2 aliphatic heterocycles. The van der Waals surface area contributed by atoms with Gasteiger partial charge in [-0.2, -0.15) is 0 Å². The molecule has 2 fully saturated rings. The molecular formula is C30H38FNO7. The summed E-state index contributed by atoms with van der Waals surface area (Å²) in [4.78, 5) is 38.6. The fourth-order valence-corrected chi connectivity index (χ4v) is 6.38. The minimum Gasteiger partial charge on any atom is -0.505 e. The number of phenolic OH excluding ortho intramolecular Hbond substituents is 1. The topological polar surface area (TPSA) is 124 Å². The van der Waals surface area contributed by atoms with Gasteiger partial charge in [-0.05, 0) is 67.4 Å². The van der Waals surface area contributed by atoms with Crippen molar-refractivity contribution in [3.05, 3.63) is 46.3 Å². The summed E-state index contributed by atoms with van der Waals surface area (Å²) in [7, 11) is 0. The highest BCUT2D eigenvalue weighted by molar-refractivity contribution is 6.06. The van der Waals surface area contributed by atoms with Gasteiger partial charge in [-0.25, -0.2) is 4.39 Å². The van der Waals surface area contributed by atoms with Gasteiger partial charge in [-0.15, -0.1) is 0 Å². The fraction of sp³-hybridized carbons (Fsp3) is 0.567. The molecule has 0 spiro atoms. The minimum absolute atomic E-state index is 0.0715. The number of likely N-dealkylation sites (tertiary alicyclic amines) is 1. The van der Waals surface area contributed by atoms with Gasteiger partial charge in [0.05, 0.1) is 31.2 Å². The van der Waals surface area contributed by atoms with Crippen LogP contribution in [0.1, 0.15) is 70.3 Å². The Hall–Kier alpha value is -3.04. The molecule has 1 aliphatic carbocycles. The van der Waals surface area contributed by atoms with Gasteiger partial charge in [0.2, 0.25) is 11.8 Å². The molecule has 3 aliphatic rings. The van der Waals surface area contributed by atoms with E-state index in [0.29, 0.717) is 50.7 Å². The second-order valence-corrected chi connectivity index (χ2v) is 10.8. The predicted octanol–water partition coefficient (Wildman–Crippen LogP) is 4.45. The maximum atomic E-state index is 13.8. The summed E-state index contributed by atoms with van der Waals surface area (Å²) >= 11 is 0. The number of benzene rings is 1. The van der Waals surface area contributed by atoms with E-state index in [4.69, 9.17) is 9.84 Å². The molecule has 3 N–H and O–H groups in total. The number of carbonyl (C=O) groups excluding carboxylic acids is 2. The average molecular weight is 544 g/mol. The molecule has 1 aromatic rings. The molecule has 39 heavy (non-hydrogen) atoms. The molecule has 4 atom stereocenters. The summed E-state index contributed by atoms with van der Waals surface area (Å²) in [5, 5.41) is 28.5. The number of nitrogens with zero attached hydrogens (tertiary/aromatic N) is 1. The lowest BCUT2D eigenvalue weighted by Gasteiger charge is -2.31. The predicted molar refractivity (Wildman–Crippen MR) is 142 cm³/mol. The number of amides is 2. The van der Waals surface area contributed by atoms with Crippen molar-refractivity contribution in [3.63, 3.8) is 0 Å². The number of rotatable bonds is 13. The Morgan fingerprint density at radius 1 is 1.13 bits per heavy atom. The Labute approximate surface area is 228 Å². The molecule has 0 saturated carbocycles. The lowest BCUT2D eigenvalue weighted by Crippen LogP contribution is -2.35. The second-order valence-electron chi connectivity index (χ2n) is 10.8. The van der Waals surface area contributed by atoms with Crippen LogP contribution in [-0.2, 0) is 19.1 Å². The molecule has 4 rings (SSSR count). The number of aliphatic carboxylic acids is 1. The Morgan fingerprint density at radius 3 is 2.62 bits per heavy atom. The number of aliphatic hydroxyl groups is 1. The summed E-state index contributed by atoms with van der Waals surface area (Å²) in [5.74, 6) is -3.52. The SMILES string of the molecule is CCC/C(=C\c1ccc(O)c(F)c1)CC[C@H]1OC[C@H]2C1=C(CO)C[C@H]1C(=O)N(CCCCCC(=O)O)C(=O)[C@H]12. The maximum Gasteiger partial charge on any atom is 0.303 e. The minimum atomic E-state index is -0.855. The van der Waals surface area contributed by atoms with Gasteiger partial charge >= 0.3 is 5.97 Å². The van der Waals surface area contributed by atoms with E-state index >= 15 is 0 Å². The molecular weight excluding hydrogens is 505 g/mol. The van der Waals surface area contributed by atoms with Gasteiger partial charge < -0.3 is 20.1 Å². The Balaban J connectivity index is 1.44. The first kappa shape index (κ1) is 29.0. The first-order chi connectivity index (χ1) is 18.7. The molecule has 8 nitrogen and oxygen atoms in total. The Morgan fingerprint density at radius 2 is 1.92 bits per heavy atom. The standard InChI is InChI=1S/C30H38FNO7/c1-2-6-18(13-19-8-10-24(34)23(31)14-19)9-11-25-27-20(16-33)15-21-28(22(27)17-39-25)30(38)32(29(21)37)12-5-3-4-7-26(35)36/h8,10,13-14,21-22,25,28,33-34H,2-7,9,11-12,15-17H2,1H3,(H,35,36)/b18-13+/t21-,22+,25-,28-/m1/s1. The molecule has 1 aromatic carbocycles. The molecule has 2 heterocycles. The number of carboxylic acids is 1. The van der Waals surface area contributed by atoms with Gasteiger partial charge in [0, 0.05) is 18.9 Å². The zero-order chi connectivity index (χ0) is 28.1. The Kier molecular flexibility index (Phi) is 9.56. The van der Waals surface area contributed by atoms with Crippen molar-refractivity contribution in [2.45, 2.75) is 70.8 Å². The number of hydrogen-bond donors (Lipinski definition) is 3. The van der Waals surface area contributed by atoms with E-state index in [1.807, 2.05) is 6.08 Å². The highest BCUT2D eigenvalue weighted by Gasteiger charge is 2.56. The first-order valence-corrected chi connectivity index (χ1v) is 13.9. The molecule has 212 valence electrons. The number of allylic oxidation sites excluding steroid dienone is 1. The molecule has 0 radical (unpaired) electrons. The number of hydrogen-bond acceptors (Lipinski definition) is 6. The molecule has 0 unspecified atom stereocenters. The van der Waals surface area contributed by atoms with Crippen LogP contribution in [0.25, 0.3) is 6.08 Å². The van der Waals surface area contributed by atoms with Crippen LogP contribution in [-0.4, -0.2) is 63.9 Å². The number of unbranched alkanes of at least 4 members (excludes halogenated alkanes) is 2. The van der Waals surface area contributed by atoms with E-state index < -0.39 is 23.6 Å². The smallest absolute Gasteiger partial charge is 0.303 e. The van der Waals surface area contributed by atoms with Gasteiger partial charge in [0.1, 0.15) is 0 Å². The average Bonchev–Trinajstić information content (AvgIpc) is 3.43. The summed E-state index contributed by atoms with van der Waals surface area (Å²) in [6, 6.07) is 4.32. The molecule has 0 aromatic heterocycles. The zero-order valence-corrected chi connectivity index (χ0v) is 22.4. The summed E-state index contributed by atoms with van der Waals surface area (Å²) < 4.78 is 20.0. The van der Waals surface area contributed by atoms with Crippen molar-refractivity contribution in [2.75, 3.05) is 19.8 Å². The number of ether oxygens (including phenoxy) is 1. The third-order valence-electron chi connectivity index (χ3n) is 8.20. The molecule has 0 bridgehead atoms. The molecule has 2 saturated heterocycles. The highest BCUT2D eigenvalue weighted by atomic mass is 19.1. The monoisotopic (exact) mass is 543 g/mol. The normalized spacial score (nSPS) is 24.9. The van der Waals surface area contributed by atoms with Crippen LogP contribution < -0.4 is 0 Å². The summed E-state index contributed by atoms with van der Waals surface area (Å²) in [5.41, 5.74) is 3.54. The number of fused-ring (bicyclic) bond motifs is 3. The highest BCUT2D eigenvalue weighted by Crippen LogP contribution is 2.49. The van der Waals surface area contributed by atoms with E-state index in [1.54, 1.807) is 6.07 Å². The lowest BCUT2D eigenvalue weighted by molar-refractivity contribution is -0.141. The quantitative estimate of drug-likeness (QED) is 0.191. The van der Waals surface area contributed by atoms with Gasteiger partial charge in [-0.1, -0.05) is 37.5 Å². The molecule has 9 heteroatoms. The van der Waals surface area contributed by atoms with Crippen molar-refractivity contribution in [2.24, 2.45) is 17.8 Å². The third-order valence-corrected chi connectivity index (χ3v) is 8.20. The number of imide groups is 1. The number of aliphatic hydroxyl groups excluding tert-OH is 1. The lowest BCUT2D eigenvalue weighted by atomic mass is 9.69. The first-order valence-electron chi connectivity index (χ1n) is 13.9. The van der Waals surface area contributed by atoms with Crippen molar-refractivity contribution in [1.29, 1.82) is 0 Å². The number of halogens is 1. The van der Waals surface area contributed by atoms with Gasteiger partial charge in [0.15, 0.2) is 11.6 Å². The number of phenols is 1. The van der Waals surface area contributed by atoms with Crippen LogP contribution in [0.5, 0.6) is 5.75 Å². The number of carboxylic acid groups (broad SMARTS) is 1. The van der Waals surface area contributed by atoms with Crippen LogP contribution in [0.2, 0.25) is 0 Å². The van der Waals surface area contributed by atoms with E-state index in [1.165, 1.54) is 17.0 Å². The fourth-order valence-electron chi connectivity index (χ4n) is 6.38. The van der Waals surface area contributed by atoms with E-state index in [0.717, 1.165) is 29.6 Å². The van der Waals surface area contributed by atoms with Crippen molar-refractivity contribution in [3.8, 4) is 5.75 Å². The molecule has 2 amide bonds. The van der Waals surface area contributed by atoms with E-state index in [9.17, 15) is 29.0 Å². The van der Waals surface area contributed by atoms with Crippen LogP contribution >= 0.6 is 0 Å². The summed E-state index contributed by atoms with van der Waals surface area (Å²) in [6.45, 7) is 2.50. The number of aromatic hydroxyl groups is 1. The van der Waals surface area contributed by atoms with Gasteiger partial charge in [0.25, 0.3) is 0 Å². The van der Waals surface area contributed by atoms with Crippen molar-refractivity contribution < 1.29 is 38.8 Å². The van der Waals surface area contributed by atoms with E-state index in [-0.39, 0.29) is 49.2 Å². The van der Waals surface area contributed by atoms with E-state index in [2.05, 4.69) is 6.92 Å². The van der Waals surface area contributed by atoms with Crippen molar-refractivity contribution >= 4 is 23.9 Å². The number of carbonyl (C=O) groups is 3. The van der Waals surface area contributed by atoms with Crippen LogP contribution in [0.3, 0.4) is 0 Å². The van der Waals surface area contributed by atoms with Crippen LogP contribution in [0, 0.1) is 23.6 Å². The third kappa shape index (κ3) is 6.41. The second kappa shape index (κ2) is 12.9. The van der Waals surface area contributed by atoms with Crippen LogP contribution in [0.4, 0.5) is 4.39 Å². The van der Waals surface area contributed by atoms with Gasteiger partial charge in [-0.3, -0.25) is 19.3 Å². The Bertz CT molecular complexity index is 1160. The largest absolute Gasteiger partial charge is 0.505 e. The summed E-state index contributed by atoms with van der Waals surface area (Å²) in [6.07, 6.45) is 6.87. The zero-order valence-electron chi connectivity index (χ0n) is 22.4. The van der Waals surface area contributed by atoms with Crippen LogP contribution in [0.15, 0.2) is 34.9 Å². The maximum absolute atomic E-state index is 13.8.